The van der Waals surface area contributed by atoms with Crippen LogP contribution in [0.1, 0.15) is 38.7 Å². The Morgan fingerprint density at radius 3 is 2.61 bits per heavy atom. The molecule has 1 aliphatic rings. The van der Waals surface area contributed by atoms with Gasteiger partial charge in [-0.2, -0.15) is 0 Å². The Labute approximate surface area is 111 Å². The number of hydrogen-bond acceptors (Lipinski definition) is 2. The van der Waals surface area contributed by atoms with Crippen molar-refractivity contribution in [1.82, 2.24) is 5.32 Å². The molecule has 1 fully saturated rings. The fourth-order valence-corrected chi connectivity index (χ4v) is 2.70. The van der Waals surface area contributed by atoms with Crippen LogP contribution in [0.15, 0.2) is 24.3 Å². The predicted molar refractivity (Wildman–Crippen MR) is 79.3 cm³/mol. The van der Waals surface area contributed by atoms with Crippen molar-refractivity contribution < 1.29 is 0 Å². The van der Waals surface area contributed by atoms with Gasteiger partial charge >= 0.3 is 0 Å². The van der Waals surface area contributed by atoms with Gasteiger partial charge in [0.05, 0.1) is 0 Å². The van der Waals surface area contributed by atoms with E-state index in [2.05, 4.69) is 48.3 Å². The number of benzene rings is 1. The molecule has 0 aliphatic carbocycles. The van der Waals surface area contributed by atoms with Crippen LogP contribution in [0.5, 0.6) is 0 Å². The third-order valence-corrected chi connectivity index (χ3v) is 3.90. The molecule has 2 heteroatoms. The van der Waals surface area contributed by atoms with Gasteiger partial charge in [-0.25, -0.2) is 0 Å². The van der Waals surface area contributed by atoms with Gasteiger partial charge in [-0.05, 0) is 37.0 Å². The van der Waals surface area contributed by atoms with Crippen LogP contribution in [0.25, 0.3) is 0 Å². The Kier molecular flexibility index (Phi) is 5.06. The van der Waals surface area contributed by atoms with E-state index in [1.807, 2.05) is 0 Å². The third kappa shape index (κ3) is 3.49. The number of aryl methyl sites for hydroxylation is 1. The average molecular weight is 246 g/mol. The van der Waals surface area contributed by atoms with Gasteiger partial charge in [0.15, 0.2) is 0 Å². The fourth-order valence-electron chi connectivity index (χ4n) is 2.70. The molecule has 0 spiro atoms. The molecule has 0 aromatic heterocycles. The van der Waals surface area contributed by atoms with Crippen molar-refractivity contribution in [3.05, 3.63) is 29.8 Å². The summed E-state index contributed by atoms with van der Waals surface area (Å²) < 4.78 is 0. The van der Waals surface area contributed by atoms with Crippen molar-refractivity contribution in [3.63, 3.8) is 0 Å². The van der Waals surface area contributed by atoms with Gasteiger partial charge in [0.1, 0.15) is 0 Å². The molecule has 2 nitrogen and oxygen atoms in total. The second-order valence-electron chi connectivity index (χ2n) is 5.25. The maximum absolute atomic E-state index is 3.62. The minimum Gasteiger partial charge on any atom is -0.370 e. The zero-order valence-electron chi connectivity index (χ0n) is 11.8. The minimum absolute atomic E-state index is 0.703. The largest absolute Gasteiger partial charge is 0.370 e. The minimum atomic E-state index is 0.703. The molecule has 0 bridgehead atoms. The first kappa shape index (κ1) is 13.4. The van der Waals surface area contributed by atoms with Gasteiger partial charge in [0.25, 0.3) is 0 Å². The molecule has 0 saturated carbocycles. The summed E-state index contributed by atoms with van der Waals surface area (Å²) in [6.07, 6.45) is 4.92. The molecule has 18 heavy (non-hydrogen) atoms. The Bertz CT molecular complexity index is 345. The Hall–Kier alpha value is -1.02. The molecular weight excluding hydrogens is 220 g/mol. The SMILES string of the molecule is CCCc1ccc(N2CCNC(CC)CC2)cc1. The number of nitrogens with one attached hydrogen (secondary N) is 1. The van der Waals surface area contributed by atoms with E-state index in [9.17, 15) is 0 Å². The van der Waals surface area contributed by atoms with Crippen molar-refractivity contribution in [2.75, 3.05) is 24.5 Å². The molecule has 1 aliphatic heterocycles. The highest BCUT2D eigenvalue weighted by molar-refractivity contribution is 5.47. The summed E-state index contributed by atoms with van der Waals surface area (Å²) in [5.74, 6) is 0. The van der Waals surface area contributed by atoms with Crippen molar-refractivity contribution in [2.24, 2.45) is 0 Å². The van der Waals surface area contributed by atoms with Gasteiger partial charge < -0.3 is 10.2 Å². The number of rotatable bonds is 4. The van der Waals surface area contributed by atoms with Crippen molar-refractivity contribution in [2.45, 2.75) is 45.6 Å². The van der Waals surface area contributed by atoms with Crippen LogP contribution in [0.2, 0.25) is 0 Å². The maximum Gasteiger partial charge on any atom is 0.0366 e. The Balaban J connectivity index is 1.98. The van der Waals surface area contributed by atoms with Crippen LogP contribution in [0.4, 0.5) is 5.69 Å². The van der Waals surface area contributed by atoms with Gasteiger partial charge in [0.2, 0.25) is 0 Å². The van der Waals surface area contributed by atoms with E-state index in [0.717, 1.165) is 13.1 Å². The molecule has 0 amide bonds. The molecule has 2 rings (SSSR count). The highest BCUT2D eigenvalue weighted by Crippen LogP contribution is 2.18. The topological polar surface area (TPSA) is 15.3 Å². The molecule has 1 aromatic rings. The summed E-state index contributed by atoms with van der Waals surface area (Å²) in [6.45, 7) is 7.92. The molecular formula is C16H26N2. The number of anilines is 1. The van der Waals surface area contributed by atoms with Crippen LogP contribution in [-0.4, -0.2) is 25.7 Å². The second kappa shape index (κ2) is 6.79. The van der Waals surface area contributed by atoms with E-state index in [-0.39, 0.29) is 0 Å². The summed E-state index contributed by atoms with van der Waals surface area (Å²) >= 11 is 0. The quantitative estimate of drug-likeness (QED) is 0.877. The summed E-state index contributed by atoms with van der Waals surface area (Å²) in [5.41, 5.74) is 2.84. The van der Waals surface area contributed by atoms with E-state index in [0.29, 0.717) is 6.04 Å². The zero-order valence-corrected chi connectivity index (χ0v) is 11.8. The lowest BCUT2D eigenvalue weighted by atomic mass is 10.1. The molecule has 1 N–H and O–H groups in total. The lowest BCUT2D eigenvalue weighted by molar-refractivity contribution is 0.510. The normalized spacial score (nSPS) is 20.8. The number of nitrogens with zero attached hydrogens (tertiary/aromatic N) is 1. The van der Waals surface area contributed by atoms with E-state index in [1.165, 1.54) is 43.5 Å². The zero-order chi connectivity index (χ0) is 12.8. The van der Waals surface area contributed by atoms with Gasteiger partial charge in [-0.3, -0.25) is 0 Å². The van der Waals surface area contributed by atoms with Gasteiger partial charge in [-0.1, -0.05) is 32.4 Å². The van der Waals surface area contributed by atoms with E-state index >= 15 is 0 Å². The lowest BCUT2D eigenvalue weighted by Crippen LogP contribution is -2.29. The van der Waals surface area contributed by atoms with Crippen LogP contribution in [0, 0.1) is 0 Å². The monoisotopic (exact) mass is 246 g/mol. The lowest BCUT2D eigenvalue weighted by Gasteiger charge is -2.22. The summed E-state index contributed by atoms with van der Waals surface area (Å²) in [6, 6.07) is 9.85. The standard InChI is InChI=1S/C16H26N2/c1-3-5-14-6-8-16(9-7-14)18-12-10-15(4-2)17-11-13-18/h6-9,15,17H,3-5,10-13H2,1-2H3. The molecule has 1 saturated heterocycles. The highest BCUT2D eigenvalue weighted by atomic mass is 15.2. The summed E-state index contributed by atoms with van der Waals surface area (Å²) in [4.78, 5) is 2.51. The predicted octanol–water partition coefficient (Wildman–Crippen LogP) is 3.22. The molecule has 100 valence electrons. The van der Waals surface area contributed by atoms with Crippen LogP contribution >= 0.6 is 0 Å². The highest BCUT2D eigenvalue weighted by Gasteiger charge is 2.14. The average Bonchev–Trinajstić information content (AvgIpc) is 2.65. The Morgan fingerprint density at radius 2 is 1.94 bits per heavy atom. The van der Waals surface area contributed by atoms with Gasteiger partial charge in [0, 0.05) is 31.4 Å². The number of hydrogen-bond donors (Lipinski definition) is 1. The first-order valence-corrected chi connectivity index (χ1v) is 7.40. The second-order valence-corrected chi connectivity index (χ2v) is 5.25. The smallest absolute Gasteiger partial charge is 0.0366 e. The summed E-state index contributed by atoms with van der Waals surface area (Å²) in [7, 11) is 0. The maximum atomic E-state index is 3.62. The van der Waals surface area contributed by atoms with Crippen LogP contribution in [-0.2, 0) is 6.42 Å². The molecule has 1 atom stereocenters. The first-order valence-electron chi connectivity index (χ1n) is 7.40. The third-order valence-electron chi connectivity index (χ3n) is 3.90. The van der Waals surface area contributed by atoms with Crippen molar-refractivity contribution in [1.29, 1.82) is 0 Å². The van der Waals surface area contributed by atoms with Crippen LogP contribution in [0.3, 0.4) is 0 Å². The van der Waals surface area contributed by atoms with E-state index < -0.39 is 0 Å². The van der Waals surface area contributed by atoms with Gasteiger partial charge in [-0.15, -0.1) is 0 Å². The van der Waals surface area contributed by atoms with Crippen molar-refractivity contribution >= 4 is 5.69 Å². The molecule has 0 radical (unpaired) electrons. The van der Waals surface area contributed by atoms with E-state index in [4.69, 9.17) is 0 Å². The molecule has 1 unspecified atom stereocenters. The molecule has 1 heterocycles. The Morgan fingerprint density at radius 1 is 1.17 bits per heavy atom. The summed E-state index contributed by atoms with van der Waals surface area (Å²) in [5, 5.41) is 3.62. The molecule has 1 aromatic carbocycles. The first-order chi connectivity index (χ1) is 8.83. The van der Waals surface area contributed by atoms with Crippen molar-refractivity contribution in [3.8, 4) is 0 Å². The fraction of sp³-hybridized carbons (Fsp3) is 0.625. The van der Waals surface area contributed by atoms with E-state index in [1.54, 1.807) is 0 Å². The van der Waals surface area contributed by atoms with Crippen LogP contribution < -0.4 is 10.2 Å².